The van der Waals surface area contributed by atoms with Crippen molar-refractivity contribution < 1.29 is 9.13 Å². The van der Waals surface area contributed by atoms with Gasteiger partial charge in [0.05, 0.1) is 11.7 Å². The summed E-state index contributed by atoms with van der Waals surface area (Å²) in [4.78, 5) is 12.5. The summed E-state index contributed by atoms with van der Waals surface area (Å²) < 4.78 is 21.1. The van der Waals surface area contributed by atoms with E-state index in [1.54, 1.807) is 19.2 Å². The van der Waals surface area contributed by atoms with Gasteiger partial charge in [-0.05, 0) is 36.1 Å². The van der Waals surface area contributed by atoms with E-state index in [1.165, 1.54) is 22.4 Å². The molecule has 1 aliphatic rings. The van der Waals surface area contributed by atoms with E-state index < -0.39 is 6.10 Å². The highest BCUT2D eigenvalue weighted by Gasteiger charge is 2.33. The minimum Gasteiger partial charge on any atom is -0.365 e. The SMILES string of the molecule is Cn1[nH]c2c(c1=O)[C@H](c1ccc(F)cc1)O[C@H](CCc1ccccc1)C2. The van der Waals surface area contributed by atoms with Crippen LogP contribution in [0, 0.1) is 5.82 Å². The summed E-state index contributed by atoms with van der Waals surface area (Å²) in [5.74, 6) is -0.299. The molecule has 1 aromatic heterocycles. The van der Waals surface area contributed by atoms with Crippen LogP contribution in [-0.4, -0.2) is 15.9 Å². The van der Waals surface area contributed by atoms with Gasteiger partial charge in [0.25, 0.3) is 5.56 Å². The molecule has 0 fully saturated rings. The number of nitrogens with one attached hydrogen (secondary N) is 1. The van der Waals surface area contributed by atoms with Crippen molar-refractivity contribution in [1.29, 1.82) is 0 Å². The van der Waals surface area contributed by atoms with Crippen LogP contribution in [0.25, 0.3) is 0 Å². The molecule has 134 valence electrons. The lowest BCUT2D eigenvalue weighted by Gasteiger charge is -2.30. The van der Waals surface area contributed by atoms with Crippen molar-refractivity contribution in [3.63, 3.8) is 0 Å². The number of aryl methyl sites for hydroxylation is 2. The Hall–Kier alpha value is -2.66. The molecule has 1 N–H and O–H groups in total. The molecule has 0 bridgehead atoms. The van der Waals surface area contributed by atoms with Gasteiger partial charge in [0, 0.05) is 19.2 Å². The maximum absolute atomic E-state index is 13.3. The lowest BCUT2D eigenvalue weighted by atomic mass is 9.93. The summed E-state index contributed by atoms with van der Waals surface area (Å²) in [7, 11) is 1.71. The summed E-state index contributed by atoms with van der Waals surface area (Å²) in [5.41, 5.74) is 3.53. The van der Waals surface area contributed by atoms with Gasteiger partial charge in [0.2, 0.25) is 0 Å². The van der Waals surface area contributed by atoms with Gasteiger partial charge in [-0.15, -0.1) is 0 Å². The van der Waals surface area contributed by atoms with Crippen LogP contribution in [0.2, 0.25) is 0 Å². The molecule has 0 amide bonds. The molecule has 0 radical (unpaired) electrons. The van der Waals surface area contributed by atoms with Gasteiger partial charge in [-0.2, -0.15) is 0 Å². The molecular weight excluding hydrogens is 331 g/mol. The minimum atomic E-state index is -0.468. The lowest BCUT2D eigenvalue weighted by Crippen LogP contribution is -2.30. The molecule has 0 saturated carbocycles. The maximum Gasteiger partial charge on any atom is 0.272 e. The smallest absolute Gasteiger partial charge is 0.272 e. The van der Waals surface area contributed by atoms with Crippen molar-refractivity contribution >= 4 is 0 Å². The molecule has 0 unspecified atom stereocenters. The predicted octanol–water partition coefficient (Wildman–Crippen LogP) is 3.52. The molecule has 0 spiro atoms. The van der Waals surface area contributed by atoms with Gasteiger partial charge < -0.3 is 4.74 Å². The highest BCUT2D eigenvalue weighted by Crippen LogP contribution is 2.34. The Morgan fingerprint density at radius 1 is 1.15 bits per heavy atom. The van der Waals surface area contributed by atoms with Crippen LogP contribution < -0.4 is 5.56 Å². The molecular formula is C21H21FN2O2. The van der Waals surface area contributed by atoms with Crippen LogP contribution in [-0.2, 0) is 24.6 Å². The molecule has 26 heavy (non-hydrogen) atoms. The van der Waals surface area contributed by atoms with Crippen LogP contribution in [0.1, 0.15) is 34.9 Å². The van der Waals surface area contributed by atoms with E-state index >= 15 is 0 Å². The molecule has 4 rings (SSSR count). The van der Waals surface area contributed by atoms with Crippen LogP contribution in [0.3, 0.4) is 0 Å². The van der Waals surface area contributed by atoms with Gasteiger partial charge >= 0.3 is 0 Å². The van der Waals surface area contributed by atoms with Crippen molar-refractivity contribution in [2.75, 3.05) is 0 Å². The minimum absolute atomic E-state index is 0.00388. The highest BCUT2D eigenvalue weighted by atomic mass is 19.1. The Kier molecular flexibility index (Phi) is 4.47. The molecule has 1 aliphatic heterocycles. The Bertz CT molecular complexity index is 944. The molecule has 2 atom stereocenters. The first-order valence-corrected chi connectivity index (χ1v) is 8.84. The third kappa shape index (κ3) is 3.22. The van der Waals surface area contributed by atoms with E-state index in [9.17, 15) is 9.18 Å². The molecule has 5 heteroatoms. The fourth-order valence-electron chi connectivity index (χ4n) is 3.61. The second-order valence-corrected chi connectivity index (χ2v) is 6.79. The Morgan fingerprint density at radius 3 is 2.62 bits per heavy atom. The van der Waals surface area contributed by atoms with E-state index in [-0.39, 0.29) is 17.5 Å². The second-order valence-electron chi connectivity index (χ2n) is 6.79. The van der Waals surface area contributed by atoms with Crippen LogP contribution in [0.4, 0.5) is 4.39 Å². The quantitative estimate of drug-likeness (QED) is 0.781. The number of benzene rings is 2. The van der Waals surface area contributed by atoms with Gasteiger partial charge in [0.1, 0.15) is 11.9 Å². The number of fused-ring (bicyclic) bond motifs is 1. The highest BCUT2D eigenvalue weighted by molar-refractivity contribution is 5.34. The number of halogens is 1. The zero-order chi connectivity index (χ0) is 18.1. The van der Waals surface area contributed by atoms with Gasteiger partial charge in [-0.1, -0.05) is 42.5 Å². The number of hydrogen-bond acceptors (Lipinski definition) is 2. The number of aromatic nitrogens is 2. The van der Waals surface area contributed by atoms with Crippen molar-refractivity contribution in [2.45, 2.75) is 31.5 Å². The monoisotopic (exact) mass is 352 g/mol. The van der Waals surface area contributed by atoms with E-state index in [1.807, 2.05) is 18.2 Å². The third-order valence-corrected chi connectivity index (χ3v) is 4.96. The van der Waals surface area contributed by atoms with E-state index in [2.05, 4.69) is 17.2 Å². The number of H-pyrrole nitrogens is 1. The number of nitrogens with zero attached hydrogens (tertiary/aromatic N) is 1. The molecule has 2 aromatic carbocycles. The largest absolute Gasteiger partial charge is 0.365 e. The van der Waals surface area contributed by atoms with Gasteiger partial charge in [0.15, 0.2) is 0 Å². The Morgan fingerprint density at radius 2 is 1.88 bits per heavy atom. The number of aromatic amines is 1. The molecule has 0 saturated heterocycles. The average molecular weight is 352 g/mol. The van der Waals surface area contributed by atoms with Crippen LogP contribution in [0.5, 0.6) is 0 Å². The third-order valence-electron chi connectivity index (χ3n) is 4.96. The predicted molar refractivity (Wildman–Crippen MR) is 97.6 cm³/mol. The van der Waals surface area contributed by atoms with E-state index in [0.717, 1.165) is 24.1 Å². The van der Waals surface area contributed by atoms with Gasteiger partial charge in [-0.25, -0.2) is 4.39 Å². The fourth-order valence-corrected chi connectivity index (χ4v) is 3.61. The maximum atomic E-state index is 13.3. The molecule has 2 heterocycles. The first-order valence-electron chi connectivity index (χ1n) is 8.84. The van der Waals surface area contributed by atoms with E-state index in [0.29, 0.717) is 12.0 Å². The topological polar surface area (TPSA) is 47.0 Å². The second kappa shape index (κ2) is 6.92. The average Bonchev–Trinajstić information content (AvgIpc) is 2.95. The summed E-state index contributed by atoms with van der Waals surface area (Å²) in [6.45, 7) is 0. The number of ether oxygens (including phenoxy) is 1. The first kappa shape index (κ1) is 16.8. The summed E-state index contributed by atoms with van der Waals surface area (Å²) >= 11 is 0. The Balaban J connectivity index is 1.62. The van der Waals surface area contributed by atoms with Crippen LogP contribution in [0.15, 0.2) is 59.4 Å². The number of hydrogen-bond donors (Lipinski definition) is 1. The zero-order valence-electron chi connectivity index (χ0n) is 14.6. The molecule has 3 aromatic rings. The van der Waals surface area contributed by atoms with Crippen LogP contribution >= 0.6 is 0 Å². The lowest BCUT2D eigenvalue weighted by molar-refractivity contribution is -0.00909. The zero-order valence-corrected chi connectivity index (χ0v) is 14.6. The van der Waals surface area contributed by atoms with Crippen molar-refractivity contribution in [2.24, 2.45) is 7.05 Å². The summed E-state index contributed by atoms with van der Waals surface area (Å²) in [5, 5.41) is 3.15. The van der Waals surface area contributed by atoms with Crippen molar-refractivity contribution in [3.05, 3.63) is 93.2 Å². The Labute approximate surface area is 151 Å². The van der Waals surface area contributed by atoms with Crippen molar-refractivity contribution in [3.8, 4) is 0 Å². The molecule has 4 nitrogen and oxygen atoms in total. The number of rotatable bonds is 4. The molecule has 0 aliphatic carbocycles. The van der Waals surface area contributed by atoms with Gasteiger partial charge in [-0.3, -0.25) is 14.6 Å². The standard InChI is InChI=1S/C21H21FN2O2/c1-24-21(25)19-18(23-24)13-17(12-7-14-5-3-2-4-6-14)26-20(19)15-8-10-16(22)11-9-15/h2-6,8-11,17,20,23H,7,12-13H2,1H3/t17-,20+/m1/s1. The summed E-state index contributed by atoms with van der Waals surface area (Å²) in [6, 6.07) is 16.5. The fraction of sp³-hybridized carbons (Fsp3) is 0.286. The first-order chi connectivity index (χ1) is 12.6. The van der Waals surface area contributed by atoms with E-state index in [4.69, 9.17) is 4.74 Å². The van der Waals surface area contributed by atoms with Crippen molar-refractivity contribution in [1.82, 2.24) is 9.78 Å². The normalized spacial score (nSPS) is 19.3. The summed E-state index contributed by atoms with van der Waals surface area (Å²) in [6.07, 6.45) is 1.98.